The SMILES string of the molecule is CN=C(C1=CCCC1)/C(=C\N)c1ccc2c(c1)CN(C1CCC(=O)NC1=O)C2=O. The molecule has 0 bridgehead atoms. The lowest BCUT2D eigenvalue weighted by atomic mass is 9.94. The molecule has 4 rings (SSSR count). The highest BCUT2D eigenvalue weighted by Gasteiger charge is 2.39. The molecule has 3 N–H and O–H groups in total. The van der Waals surface area contributed by atoms with Gasteiger partial charge in [0.15, 0.2) is 0 Å². The van der Waals surface area contributed by atoms with Crippen molar-refractivity contribution in [1.29, 1.82) is 0 Å². The number of allylic oxidation sites excluding steroid dienone is 3. The molecule has 2 aliphatic heterocycles. The van der Waals surface area contributed by atoms with Crippen molar-refractivity contribution in [2.24, 2.45) is 10.7 Å². The number of imide groups is 1. The Labute approximate surface area is 169 Å². The number of nitrogens with one attached hydrogen (secondary N) is 1. The van der Waals surface area contributed by atoms with E-state index in [9.17, 15) is 14.4 Å². The van der Waals surface area contributed by atoms with Gasteiger partial charge in [-0.25, -0.2) is 0 Å². The third kappa shape index (κ3) is 3.37. The zero-order valence-electron chi connectivity index (χ0n) is 16.4. The molecule has 0 aromatic heterocycles. The number of fused-ring (bicyclic) bond motifs is 1. The van der Waals surface area contributed by atoms with Crippen molar-refractivity contribution in [1.82, 2.24) is 10.2 Å². The summed E-state index contributed by atoms with van der Waals surface area (Å²) < 4.78 is 0. The van der Waals surface area contributed by atoms with Crippen LogP contribution in [-0.2, 0) is 16.1 Å². The molecule has 0 radical (unpaired) electrons. The molecular weight excluding hydrogens is 368 g/mol. The van der Waals surface area contributed by atoms with Crippen LogP contribution in [-0.4, -0.2) is 41.4 Å². The molecule has 0 spiro atoms. The van der Waals surface area contributed by atoms with Gasteiger partial charge in [0, 0.05) is 37.3 Å². The number of hydrogen-bond acceptors (Lipinski definition) is 5. The van der Waals surface area contributed by atoms with Gasteiger partial charge in [-0.05, 0) is 54.5 Å². The highest BCUT2D eigenvalue weighted by molar-refractivity contribution is 6.31. The average Bonchev–Trinajstić information content (AvgIpc) is 3.34. The van der Waals surface area contributed by atoms with Crippen LogP contribution in [0.5, 0.6) is 0 Å². The number of nitrogens with zero attached hydrogens (tertiary/aromatic N) is 2. The molecule has 1 aromatic rings. The molecule has 7 heteroatoms. The Morgan fingerprint density at radius 1 is 1.28 bits per heavy atom. The number of rotatable bonds is 4. The zero-order chi connectivity index (χ0) is 20.5. The van der Waals surface area contributed by atoms with Crippen LogP contribution >= 0.6 is 0 Å². The van der Waals surface area contributed by atoms with Crippen LogP contribution < -0.4 is 11.1 Å². The molecule has 3 amide bonds. The normalized spacial score (nSPS) is 22.7. The lowest BCUT2D eigenvalue weighted by molar-refractivity contribution is -0.136. The van der Waals surface area contributed by atoms with Gasteiger partial charge < -0.3 is 10.6 Å². The fourth-order valence-corrected chi connectivity index (χ4v) is 4.38. The Balaban J connectivity index is 1.62. The van der Waals surface area contributed by atoms with Gasteiger partial charge >= 0.3 is 0 Å². The minimum Gasteiger partial charge on any atom is -0.404 e. The van der Waals surface area contributed by atoms with E-state index in [1.54, 1.807) is 24.2 Å². The number of nitrogens with two attached hydrogens (primary N) is 1. The summed E-state index contributed by atoms with van der Waals surface area (Å²) in [5, 5.41) is 2.33. The molecular formula is C22H24N4O3. The summed E-state index contributed by atoms with van der Waals surface area (Å²) in [7, 11) is 1.76. The Morgan fingerprint density at radius 3 is 2.76 bits per heavy atom. The zero-order valence-corrected chi connectivity index (χ0v) is 16.4. The first-order chi connectivity index (χ1) is 14.0. The topological polar surface area (TPSA) is 105 Å². The number of benzene rings is 1. The molecule has 2 heterocycles. The smallest absolute Gasteiger partial charge is 0.255 e. The molecule has 29 heavy (non-hydrogen) atoms. The van der Waals surface area contributed by atoms with E-state index in [-0.39, 0.29) is 18.2 Å². The molecule has 0 saturated carbocycles. The Morgan fingerprint density at radius 2 is 2.10 bits per heavy atom. The fourth-order valence-electron chi connectivity index (χ4n) is 4.38. The first kappa shape index (κ1) is 19.1. The molecule has 1 unspecified atom stereocenters. The maximum atomic E-state index is 12.9. The Kier molecular flexibility index (Phi) is 5.05. The number of aliphatic imine (C=N–C) groups is 1. The van der Waals surface area contributed by atoms with E-state index in [1.165, 1.54) is 5.57 Å². The van der Waals surface area contributed by atoms with Gasteiger partial charge in [-0.15, -0.1) is 0 Å². The van der Waals surface area contributed by atoms with Crippen LogP contribution in [0.25, 0.3) is 5.57 Å². The summed E-state index contributed by atoms with van der Waals surface area (Å²) in [4.78, 5) is 42.5. The first-order valence-electron chi connectivity index (χ1n) is 9.90. The summed E-state index contributed by atoms with van der Waals surface area (Å²) in [6.07, 6.45) is 7.51. The van der Waals surface area contributed by atoms with Crippen molar-refractivity contribution in [3.05, 3.63) is 52.7 Å². The van der Waals surface area contributed by atoms with Gasteiger partial charge in [-0.1, -0.05) is 12.1 Å². The highest BCUT2D eigenvalue weighted by Crippen LogP contribution is 2.32. The van der Waals surface area contributed by atoms with Crippen LogP contribution in [0.3, 0.4) is 0 Å². The van der Waals surface area contributed by atoms with Gasteiger partial charge in [0.25, 0.3) is 5.91 Å². The van der Waals surface area contributed by atoms with E-state index >= 15 is 0 Å². The molecule has 1 aromatic carbocycles. The van der Waals surface area contributed by atoms with Gasteiger partial charge in [0.2, 0.25) is 11.8 Å². The monoisotopic (exact) mass is 392 g/mol. The highest BCUT2D eigenvalue weighted by atomic mass is 16.2. The number of piperidine rings is 1. The predicted octanol–water partition coefficient (Wildman–Crippen LogP) is 1.93. The number of hydrogen-bond donors (Lipinski definition) is 2. The van der Waals surface area contributed by atoms with Gasteiger partial charge in [-0.3, -0.25) is 24.7 Å². The molecule has 1 aliphatic carbocycles. The summed E-state index contributed by atoms with van der Waals surface area (Å²) in [6, 6.07) is 5.01. The Hall–Kier alpha value is -3.22. The lowest BCUT2D eigenvalue weighted by Crippen LogP contribution is -2.52. The van der Waals surface area contributed by atoms with Crippen molar-refractivity contribution in [2.75, 3.05) is 7.05 Å². The largest absolute Gasteiger partial charge is 0.404 e. The average molecular weight is 392 g/mol. The number of carbonyl (C=O) groups is 3. The summed E-state index contributed by atoms with van der Waals surface area (Å²) in [6.45, 7) is 0.341. The van der Waals surface area contributed by atoms with Crippen molar-refractivity contribution in [2.45, 2.75) is 44.7 Å². The van der Waals surface area contributed by atoms with E-state index in [4.69, 9.17) is 5.73 Å². The molecule has 1 saturated heterocycles. The van der Waals surface area contributed by atoms with Crippen LogP contribution in [0.4, 0.5) is 0 Å². The van der Waals surface area contributed by atoms with Crippen molar-refractivity contribution >= 4 is 29.0 Å². The second-order valence-electron chi connectivity index (χ2n) is 7.55. The molecule has 7 nitrogen and oxygen atoms in total. The second-order valence-corrected chi connectivity index (χ2v) is 7.55. The van der Waals surface area contributed by atoms with E-state index in [2.05, 4.69) is 16.4 Å². The number of carbonyl (C=O) groups excluding carboxylic acids is 3. The minimum atomic E-state index is -0.614. The van der Waals surface area contributed by atoms with Crippen molar-refractivity contribution in [3.63, 3.8) is 0 Å². The van der Waals surface area contributed by atoms with Crippen LogP contribution in [0, 0.1) is 0 Å². The molecule has 3 aliphatic rings. The number of amides is 3. The predicted molar refractivity (Wildman–Crippen MR) is 110 cm³/mol. The molecule has 1 fully saturated rings. The van der Waals surface area contributed by atoms with Crippen LogP contribution in [0.1, 0.15) is 53.6 Å². The van der Waals surface area contributed by atoms with Gasteiger partial charge in [0.1, 0.15) is 6.04 Å². The van der Waals surface area contributed by atoms with Crippen molar-refractivity contribution in [3.8, 4) is 0 Å². The fraction of sp³-hybridized carbons (Fsp3) is 0.364. The van der Waals surface area contributed by atoms with E-state index in [0.717, 1.165) is 41.7 Å². The van der Waals surface area contributed by atoms with Gasteiger partial charge in [-0.2, -0.15) is 0 Å². The minimum absolute atomic E-state index is 0.179. The summed E-state index contributed by atoms with van der Waals surface area (Å²) >= 11 is 0. The molecule has 150 valence electrons. The maximum absolute atomic E-state index is 12.9. The van der Waals surface area contributed by atoms with E-state index in [0.29, 0.717) is 18.5 Å². The quantitative estimate of drug-likeness (QED) is 0.603. The van der Waals surface area contributed by atoms with Crippen LogP contribution in [0.15, 0.2) is 41.0 Å². The van der Waals surface area contributed by atoms with Crippen LogP contribution in [0.2, 0.25) is 0 Å². The third-order valence-electron chi connectivity index (χ3n) is 5.83. The van der Waals surface area contributed by atoms with E-state index < -0.39 is 11.9 Å². The van der Waals surface area contributed by atoms with Gasteiger partial charge in [0.05, 0.1) is 5.71 Å². The standard InChI is InChI=1S/C22H24N4O3/c1-24-20(13-4-2-3-5-13)17(11-23)14-6-7-16-15(10-14)12-26(22(16)29)18-8-9-19(27)25-21(18)28/h4,6-7,10-11,18H,2-3,5,8-9,12,23H2,1H3,(H,25,27,28)/b17-11-,24-20?. The lowest BCUT2D eigenvalue weighted by Gasteiger charge is -2.29. The first-order valence-corrected chi connectivity index (χ1v) is 9.90. The summed E-state index contributed by atoms with van der Waals surface area (Å²) in [5.41, 5.74) is 11.2. The van der Waals surface area contributed by atoms with Crippen molar-refractivity contribution < 1.29 is 14.4 Å². The molecule has 1 atom stereocenters. The summed E-state index contributed by atoms with van der Waals surface area (Å²) in [5.74, 6) is -0.871. The maximum Gasteiger partial charge on any atom is 0.255 e. The Bertz CT molecular complexity index is 990. The van der Waals surface area contributed by atoms with E-state index in [1.807, 2.05) is 12.1 Å². The third-order valence-corrected chi connectivity index (χ3v) is 5.83. The second kappa shape index (κ2) is 7.66.